The van der Waals surface area contributed by atoms with Crippen molar-refractivity contribution in [1.82, 2.24) is 15.0 Å². The van der Waals surface area contributed by atoms with Crippen molar-refractivity contribution in [1.29, 1.82) is 0 Å². The first kappa shape index (κ1) is 22.8. The van der Waals surface area contributed by atoms with Gasteiger partial charge in [0.05, 0.1) is 0 Å². The van der Waals surface area contributed by atoms with E-state index in [0.717, 1.165) is 12.2 Å². The van der Waals surface area contributed by atoms with E-state index in [-0.39, 0.29) is 12.8 Å². The molecular weight excluding hydrogens is 374 g/mol. The number of hydrogen-bond donors (Lipinski definition) is 3. The SMILES string of the molecule is C=CC(=O)OC(C)CC(O)(COc1nc(=O)[nH]c(=O)[nH]1)CC(C)OC(=O)C=C. The van der Waals surface area contributed by atoms with Crippen molar-refractivity contribution in [3.05, 3.63) is 46.3 Å². The van der Waals surface area contributed by atoms with Crippen molar-refractivity contribution in [2.24, 2.45) is 0 Å². The van der Waals surface area contributed by atoms with Crippen molar-refractivity contribution in [3.63, 3.8) is 0 Å². The van der Waals surface area contributed by atoms with E-state index in [9.17, 15) is 24.3 Å². The number of aliphatic hydroxyl groups is 1. The zero-order valence-corrected chi connectivity index (χ0v) is 15.6. The van der Waals surface area contributed by atoms with E-state index in [2.05, 4.69) is 23.1 Å². The molecule has 2 atom stereocenters. The highest BCUT2D eigenvalue weighted by atomic mass is 16.6. The predicted molar refractivity (Wildman–Crippen MR) is 96.7 cm³/mol. The van der Waals surface area contributed by atoms with Gasteiger partial charge in [-0.15, -0.1) is 4.98 Å². The highest BCUT2D eigenvalue weighted by molar-refractivity contribution is 5.81. The Kier molecular flexibility index (Phi) is 8.32. The standard InChI is InChI=1S/C17H23N3O8/c1-5-12(21)27-10(3)7-17(25,8-11(4)28-13(22)6-2)9-26-16-19-14(23)18-15(24)20-16/h5-6,10-11,25H,1-2,7-9H2,3-4H3,(H2,18,19,20,23,24). The lowest BCUT2D eigenvalue weighted by molar-refractivity contribution is -0.150. The van der Waals surface area contributed by atoms with Crippen molar-refractivity contribution in [2.75, 3.05) is 6.61 Å². The minimum atomic E-state index is -1.66. The first-order valence-electron chi connectivity index (χ1n) is 8.29. The summed E-state index contributed by atoms with van der Waals surface area (Å²) in [5, 5.41) is 11.0. The molecule has 0 radical (unpaired) electrons. The molecular formula is C17H23N3O8. The summed E-state index contributed by atoms with van der Waals surface area (Å²) in [6.45, 7) is 9.22. The van der Waals surface area contributed by atoms with Gasteiger partial charge in [-0.1, -0.05) is 13.2 Å². The van der Waals surface area contributed by atoms with Gasteiger partial charge in [0.15, 0.2) is 0 Å². The number of esters is 2. The molecule has 1 rings (SSSR count). The fourth-order valence-electron chi connectivity index (χ4n) is 2.49. The van der Waals surface area contributed by atoms with Gasteiger partial charge in [0.1, 0.15) is 24.4 Å². The summed E-state index contributed by atoms with van der Waals surface area (Å²) in [5.41, 5.74) is -3.42. The number of ether oxygens (including phenoxy) is 3. The molecule has 0 aliphatic rings. The van der Waals surface area contributed by atoms with Crippen LogP contribution in [0.2, 0.25) is 0 Å². The molecule has 1 heterocycles. The van der Waals surface area contributed by atoms with Gasteiger partial charge < -0.3 is 19.3 Å². The summed E-state index contributed by atoms with van der Waals surface area (Å²) in [6, 6.07) is -0.404. The van der Waals surface area contributed by atoms with Gasteiger partial charge in [-0.25, -0.2) is 19.2 Å². The van der Waals surface area contributed by atoms with Gasteiger partial charge in [-0.2, -0.15) is 0 Å². The largest absolute Gasteiger partial charge is 0.462 e. The molecule has 0 fully saturated rings. The molecule has 2 unspecified atom stereocenters. The predicted octanol–water partition coefficient (Wildman–Crippen LogP) is -0.416. The van der Waals surface area contributed by atoms with E-state index in [0.29, 0.717) is 0 Å². The van der Waals surface area contributed by atoms with Gasteiger partial charge in [-0.05, 0) is 13.8 Å². The summed E-state index contributed by atoms with van der Waals surface area (Å²) in [5.74, 6) is -1.36. The minimum Gasteiger partial charge on any atom is -0.462 e. The fraction of sp³-hybridized carbons (Fsp3) is 0.471. The lowest BCUT2D eigenvalue weighted by Crippen LogP contribution is -2.43. The number of rotatable bonds is 11. The lowest BCUT2D eigenvalue weighted by Gasteiger charge is -2.32. The third-order valence-corrected chi connectivity index (χ3v) is 3.42. The van der Waals surface area contributed by atoms with Gasteiger partial charge in [0, 0.05) is 25.0 Å². The molecule has 0 bridgehead atoms. The van der Waals surface area contributed by atoms with Gasteiger partial charge >= 0.3 is 29.3 Å². The van der Waals surface area contributed by atoms with Crippen LogP contribution in [-0.2, 0) is 19.1 Å². The summed E-state index contributed by atoms with van der Waals surface area (Å²) < 4.78 is 15.3. The molecule has 0 saturated heterocycles. The molecule has 1 aromatic heterocycles. The second-order valence-corrected chi connectivity index (χ2v) is 6.13. The smallest absolute Gasteiger partial charge is 0.353 e. The summed E-state index contributed by atoms with van der Waals surface area (Å²) in [4.78, 5) is 52.7. The average molecular weight is 397 g/mol. The zero-order chi connectivity index (χ0) is 21.3. The minimum absolute atomic E-state index is 0.101. The number of hydrogen-bond acceptors (Lipinski definition) is 9. The van der Waals surface area contributed by atoms with E-state index in [1.165, 1.54) is 0 Å². The van der Waals surface area contributed by atoms with Crippen molar-refractivity contribution in [3.8, 4) is 6.01 Å². The van der Waals surface area contributed by atoms with Crippen LogP contribution in [0.5, 0.6) is 6.01 Å². The number of carbonyl (C=O) groups is 2. The van der Waals surface area contributed by atoms with E-state index >= 15 is 0 Å². The van der Waals surface area contributed by atoms with Crippen LogP contribution in [0, 0.1) is 0 Å². The lowest BCUT2D eigenvalue weighted by atomic mass is 9.91. The number of H-pyrrole nitrogens is 2. The Hall–Kier alpha value is -3.21. The molecule has 154 valence electrons. The summed E-state index contributed by atoms with van der Waals surface area (Å²) in [6.07, 6.45) is 0.267. The molecule has 0 amide bonds. The third-order valence-electron chi connectivity index (χ3n) is 3.42. The molecule has 0 saturated carbocycles. The van der Waals surface area contributed by atoms with Crippen molar-refractivity contribution >= 4 is 11.9 Å². The molecule has 0 spiro atoms. The number of nitrogens with zero attached hydrogens (tertiary/aromatic N) is 1. The second kappa shape index (κ2) is 10.2. The van der Waals surface area contributed by atoms with Gasteiger partial charge in [0.25, 0.3) is 0 Å². The molecule has 3 N–H and O–H groups in total. The molecule has 0 aromatic carbocycles. The first-order valence-corrected chi connectivity index (χ1v) is 8.29. The molecule has 0 aliphatic heterocycles. The maximum absolute atomic E-state index is 11.3. The Morgan fingerprint density at radius 1 is 1.11 bits per heavy atom. The normalized spacial score (nSPS) is 14.8. The fourth-order valence-corrected chi connectivity index (χ4v) is 2.49. The number of aromatic amines is 2. The van der Waals surface area contributed by atoms with Crippen LogP contribution >= 0.6 is 0 Å². The molecule has 1 aromatic rings. The zero-order valence-electron chi connectivity index (χ0n) is 15.6. The third kappa shape index (κ3) is 7.99. The number of aromatic nitrogens is 3. The van der Waals surface area contributed by atoms with E-state index in [4.69, 9.17) is 14.2 Å². The van der Waals surface area contributed by atoms with Crippen molar-refractivity contribution < 1.29 is 28.9 Å². The van der Waals surface area contributed by atoms with Gasteiger partial charge in [0.2, 0.25) is 0 Å². The monoisotopic (exact) mass is 397 g/mol. The Morgan fingerprint density at radius 3 is 2.04 bits per heavy atom. The molecule has 28 heavy (non-hydrogen) atoms. The highest BCUT2D eigenvalue weighted by Gasteiger charge is 2.34. The van der Waals surface area contributed by atoms with Crippen LogP contribution < -0.4 is 16.1 Å². The van der Waals surface area contributed by atoms with Crippen LogP contribution in [-0.4, -0.2) is 56.4 Å². The van der Waals surface area contributed by atoms with Crippen LogP contribution in [0.1, 0.15) is 26.7 Å². The highest BCUT2D eigenvalue weighted by Crippen LogP contribution is 2.23. The van der Waals surface area contributed by atoms with E-state index in [1.54, 1.807) is 13.8 Å². The Morgan fingerprint density at radius 2 is 1.61 bits per heavy atom. The van der Waals surface area contributed by atoms with E-state index in [1.807, 2.05) is 4.98 Å². The first-order chi connectivity index (χ1) is 13.1. The van der Waals surface area contributed by atoms with Crippen LogP contribution in [0.15, 0.2) is 34.9 Å². The van der Waals surface area contributed by atoms with E-state index < -0.39 is 53.7 Å². The molecule has 11 heteroatoms. The Bertz CT molecular complexity index is 770. The quantitative estimate of drug-likeness (QED) is 0.333. The summed E-state index contributed by atoms with van der Waals surface area (Å²) >= 11 is 0. The molecule has 0 aliphatic carbocycles. The maximum Gasteiger partial charge on any atom is 0.353 e. The number of carbonyl (C=O) groups excluding carboxylic acids is 2. The van der Waals surface area contributed by atoms with Gasteiger partial charge in [-0.3, -0.25) is 9.97 Å². The number of nitrogens with one attached hydrogen (secondary N) is 2. The maximum atomic E-state index is 11.3. The topological polar surface area (TPSA) is 161 Å². The average Bonchev–Trinajstić information content (AvgIpc) is 2.58. The van der Waals surface area contributed by atoms with Crippen LogP contribution in [0.3, 0.4) is 0 Å². The second-order valence-electron chi connectivity index (χ2n) is 6.13. The Balaban J connectivity index is 2.93. The van der Waals surface area contributed by atoms with Crippen LogP contribution in [0.4, 0.5) is 0 Å². The van der Waals surface area contributed by atoms with Crippen molar-refractivity contribution in [2.45, 2.75) is 44.5 Å². The Labute approximate surface area is 160 Å². The van der Waals surface area contributed by atoms with Crippen LogP contribution in [0.25, 0.3) is 0 Å². The molecule has 11 nitrogen and oxygen atoms in total. The summed E-state index contributed by atoms with van der Waals surface area (Å²) in [7, 11) is 0.